The van der Waals surface area contributed by atoms with Crippen LogP contribution in [0, 0.1) is 5.41 Å². The lowest BCUT2D eigenvalue weighted by Gasteiger charge is -2.28. The number of nitrogens with zero attached hydrogens (tertiary/aromatic N) is 1. The van der Waals surface area contributed by atoms with Crippen LogP contribution in [0.2, 0.25) is 0 Å². The van der Waals surface area contributed by atoms with Gasteiger partial charge in [-0.2, -0.15) is 0 Å². The van der Waals surface area contributed by atoms with Gasteiger partial charge >= 0.3 is 6.09 Å². The molecular weight excluding hydrogens is 246 g/mol. The largest absolute Gasteiger partial charge is 0.447 e. The van der Waals surface area contributed by atoms with E-state index in [2.05, 4.69) is 0 Å². The Morgan fingerprint density at radius 3 is 2.53 bits per heavy atom. The van der Waals surface area contributed by atoms with Crippen molar-refractivity contribution >= 4 is 17.8 Å². The Balaban J connectivity index is 2.11. The second-order valence-electron chi connectivity index (χ2n) is 5.62. The molecule has 0 unspecified atom stereocenters. The molecule has 0 aromatic rings. The normalized spacial score (nSPS) is 25.5. The number of ether oxygens (including phenoxy) is 1. The molecule has 0 radical (unpaired) electrons. The Morgan fingerprint density at radius 2 is 2.00 bits per heavy atom. The summed E-state index contributed by atoms with van der Waals surface area (Å²) in [7, 11) is 0. The maximum absolute atomic E-state index is 12.4. The first-order valence-corrected chi connectivity index (χ1v) is 7.00. The minimum atomic E-state index is -0.562. The van der Waals surface area contributed by atoms with Gasteiger partial charge in [0.15, 0.2) is 0 Å². The molecule has 0 aromatic carbocycles. The fourth-order valence-corrected chi connectivity index (χ4v) is 3.15. The van der Waals surface area contributed by atoms with Gasteiger partial charge in [-0.25, -0.2) is 9.69 Å². The highest BCUT2D eigenvalue weighted by Gasteiger charge is 2.44. The molecule has 0 bridgehead atoms. The molecule has 2 amide bonds. The molecule has 1 saturated heterocycles. The molecule has 2 fully saturated rings. The van der Waals surface area contributed by atoms with E-state index in [9.17, 15) is 14.4 Å². The molecule has 2 rings (SSSR count). The maximum Gasteiger partial charge on any atom is 0.416 e. The van der Waals surface area contributed by atoms with Gasteiger partial charge < -0.3 is 4.74 Å². The van der Waals surface area contributed by atoms with Gasteiger partial charge in [0.1, 0.15) is 12.4 Å². The molecule has 106 valence electrons. The zero-order chi connectivity index (χ0) is 14.0. The Hall–Kier alpha value is -1.39. The number of hydrogen-bond donors (Lipinski definition) is 0. The van der Waals surface area contributed by atoms with Crippen LogP contribution in [0.4, 0.5) is 4.79 Å². The van der Waals surface area contributed by atoms with Gasteiger partial charge in [0.05, 0.1) is 6.04 Å². The molecule has 2 aliphatic rings. The van der Waals surface area contributed by atoms with Gasteiger partial charge in [0, 0.05) is 11.8 Å². The van der Waals surface area contributed by atoms with Crippen molar-refractivity contribution in [3.8, 4) is 0 Å². The van der Waals surface area contributed by atoms with Crippen LogP contribution in [0.25, 0.3) is 0 Å². The summed E-state index contributed by atoms with van der Waals surface area (Å²) < 4.78 is 4.93. The van der Waals surface area contributed by atoms with Crippen LogP contribution in [-0.4, -0.2) is 35.3 Å². The van der Waals surface area contributed by atoms with E-state index in [0.29, 0.717) is 6.42 Å². The molecule has 0 aromatic heterocycles. The molecule has 1 atom stereocenters. The number of imide groups is 1. The minimum Gasteiger partial charge on any atom is -0.447 e. The third-order valence-corrected chi connectivity index (χ3v) is 4.50. The van der Waals surface area contributed by atoms with Crippen LogP contribution in [-0.2, 0) is 14.3 Å². The highest BCUT2D eigenvalue weighted by Crippen LogP contribution is 2.42. The Labute approximate surface area is 113 Å². The maximum atomic E-state index is 12.4. The molecule has 1 aliphatic heterocycles. The lowest BCUT2D eigenvalue weighted by Crippen LogP contribution is -2.42. The summed E-state index contributed by atoms with van der Waals surface area (Å²) in [5, 5.41) is 0. The van der Waals surface area contributed by atoms with Gasteiger partial charge in [-0.1, -0.05) is 19.8 Å². The van der Waals surface area contributed by atoms with Crippen LogP contribution in [0.3, 0.4) is 0 Å². The smallest absolute Gasteiger partial charge is 0.416 e. The van der Waals surface area contributed by atoms with Crippen LogP contribution >= 0.6 is 0 Å². The summed E-state index contributed by atoms with van der Waals surface area (Å²) in [6, 6.07) is -0.176. The zero-order valence-corrected chi connectivity index (χ0v) is 11.6. The molecule has 1 aliphatic carbocycles. The number of carbonyl (C=O) groups is 3. The zero-order valence-electron chi connectivity index (χ0n) is 11.6. The lowest BCUT2D eigenvalue weighted by molar-refractivity contribution is -0.138. The van der Waals surface area contributed by atoms with Gasteiger partial charge in [-0.05, 0) is 26.2 Å². The minimum absolute atomic E-state index is 0.0685. The molecule has 19 heavy (non-hydrogen) atoms. The number of rotatable bonds is 4. The van der Waals surface area contributed by atoms with Crippen molar-refractivity contribution in [2.24, 2.45) is 5.41 Å². The third-order valence-electron chi connectivity index (χ3n) is 4.50. The Bertz CT molecular complexity index is 398. The first-order valence-electron chi connectivity index (χ1n) is 7.00. The first kappa shape index (κ1) is 14.0. The summed E-state index contributed by atoms with van der Waals surface area (Å²) in [6.07, 6.45) is 3.75. The summed E-state index contributed by atoms with van der Waals surface area (Å²) in [5.41, 5.74) is -0.543. The number of carbonyl (C=O) groups excluding carboxylic acids is 3. The average Bonchev–Trinajstić information content (AvgIpc) is 2.96. The number of ketones is 1. The van der Waals surface area contributed by atoms with Crippen molar-refractivity contribution in [2.45, 2.75) is 58.4 Å². The number of hydrogen-bond acceptors (Lipinski definition) is 4. The summed E-state index contributed by atoms with van der Waals surface area (Å²) in [5.74, 6) is -0.189. The Morgan fingerprint density at radius 1 is 1.37 bits per heavy atom. The van der Waals surface area contributed by atoms with E-state index >= 15 is 0 Å². The van der Waals surface area contributed by atoms with Crippen molar-refractivity contribution < 1.29 is 19.1 Å². The van der Waals surface area contributed by atoms with Crippen LogP contribution in [0.1, 0.15) is 52.4 Å². The third kappa shape index (κ3) is 2.51. The number of amides is 2. The second-order valence-corrected chi connectivity index (χ2v) is 5.62. The SMILES string of the molecule is CC[C@@H]1COC(=O)N1C(=O)CC1(C(C)=O)CCCC1. The van der Waals surface area contributed by atoms with Crippen LogP contribution < -0.4 is 0 Å². The quantitative estimate of drug-likeness (QED) is 0.784. The molecule has 1 saturated carbocycles. The second kappa shape index (κ2) is 5.31. The molecule has 5 nitrogen and oxygen atoms in total. The average molecular weight is 267 g/mol. The van der Waals surface area contributed by atoms with E-state index in [1.54, 1.807) is 6.92 Å². The van der Waals surface area contributed by atoms with Crippen LogP contribution in [0.5, 0.6) is 0 Å². The fraction of sp³-hybridized carbons (Fsp3) is 0.786. The number of Topliss-reactive ketones (excluding diaryl/α,β-unsaturated/α-hetero) is 1. The van der Waals surface area contributed by atoms with Crippen molar-refractivity contribution in [3.05, 3.63) is 0 Å². The van der Waals surface area contributed by atoms with Crippen molar-refractivity contribution in [3.63, 3.8) is 0 Å². The summed E-state index contributed by atoms with van der Waals surface area (Å²) in [4.78, 5) is 37.1. The van der Waals surface area contributed by atoms with E-state index < -0.39 is 11.5 Å². The van der Waals surface area contributed by atoms with Crippen molar-refractivity contribution in [2.75, 3.05) is 6.61 Å². The van der Waals surface area contributed by atoms with E-state index in [1.165, 1.54) is 4.90 Å². The highest BCUT2D eigenvalue weighted by molar-refractivity contribution is 5.96. The predicted molar refractivity (Wildman–Crippen MR) is 68.5 cm³/mol. The Kier molecular flexibility index (Phi) is 3.92. The topological polar surface area (TPSA) is 63.7 Å². The monoisotopic (exact) mass is 267 g/mol. The van der Waals surface area contributed by atoms with E-state index in [1.807, 2.05) is 6.92 Å². The van der Waals surface area contributed by atoms with Gasteiger partial charge in [0.2, 0.25) is 5.91 Å². The summed E-state index contributed by atoms with van der Waals surface area (Å²) in [6.45, 7) is 3.75. The molecular formula is C14H21NO4. The van der Waals surface area contributed by atoms with E-state index in [4.69, 9.17) is 4.74 Å². The molecule has 0 spiro atoms. The lowest BCUT2D eigenvalue weighted by atomic mass is 9.78. The van der Waals surface area contributed by atoms with Crippen molar-refractivity contribution in [1.82, 2.24) is 4.90 Å². The van der Waals surface area contributed by atoms with Gasteiger partial charge in [0.25, 0.3) is 0 Å². The molecule has 5 heteroatoms. The molecule has 1 heterocycles. The van der Waals surface area contributed by atoms with Crippen molar-refractivity contribution in [1.29, 1.82) is 0 Å². The highest BCUT2D eigenvalue weighted by atomic mass is 16.6. The van der Waals surface area contributed by atoms with E-state index in [-0.39, 0.29) is 30.8 Å². The van der Waals surface area contributed by atoms with Gasteiger partial charge in [-0.3, -0.25) is 9.59 Å². The van der Waals surface area contributed by atoms with Gasteiger partial charge in [-0.15, -0.1) is 0 Å². The standard InChI is InChI=1S/C14H21NO4/c1-3-11-9-19-13(18)15(11)12(17)8-14(10(2)16)6-4-5-7-14/h11H,3-9H2,1-2H3/t11-/m1/s1. The number of cyclic esters (lactones) is 1. The fourth-order valence-electron chi connectivity index (χ4n) is 3.15. The first-order chi connectivity index (χ1) is 9.00. The van der Waals surface area contributed by atoms with Crippen LogP contribution in [0.15, 0.2) is 0 Å². The molecule has 0 N–H and O–H groups in total. The summed E-state index contributed by atoms with van der Waals surface area (Å²) >= 11 is 0. The predicted octanol–water partition coefficient (Wildman–Crippen LogP) is 2.28. The van der Waals surface area contributed by atoms with E-state index in [0.717, 1.165) is 25.7 Å².